The Hall–Kier alpha value is -3.07. The van der Waals surface area contributed by atoms with Gasteiger partial charge in [-0.25, -0.2) is 8.42 Å². The van der Waals surface area contributed by atoms with Crippen LogP contribution in [0.3, 0.4) is 0 Å². The number of carbonyl (C=O) groups excluding carboxylic acids is 2. The number of aryl methyl sites for hydroxylation is 2. The molecule has 0 aliphatic heterocycles. The van der Waals surface area contributed by atoms with Crippen LogP contribution in [0, 0.1) is 13.8 Å². The fourth-order valence-corrected chi connectivity index (χ4v) is 6.30. The van der Waals surface area contributed by atoms with Crippen molar-refractivity contribution in [3.63, 3.8) is 0 Å². The Balaban J connectivity index is 2.12. The fourth-order valence-electron chi connectivity index (χ4n) is 4.38. The zero-order valence-electron chi connectivity index (χ0n) is 24.2. The summed E-state index contributed by atoms with van der Waals surface area (Å²) in [6.45, 7) is 10.4. The van der Waals surface area contributed by atoms with E-state index in [0.29, 0.717) is 21.3 Å². The van der Waals surface area contributed by atoms with Crippen LogP contribution in [-0.4, -0.2) is 43.3 Å². The second-order valence-electron chi connectivity index (χ2n) is 11.0. The van der Waals surface area contributed by atoms with Gasteiger partial charge < -0.3 is 10.2 Å². The number of sulfonamides is 1. The van der Waals surface area contributed by atoms with Gasteiger partial charge >= 0.3 is 0 Å². The molecule has 0 saturated heterocycles. The number of hydrogen-bond donors (Lipinski definition) is 1. The predicted octanol–water partition coefficient (Wildman–Crippen LogP) is 6.53. The van der Waals surface area contributed by atoms with Gasteiger partial charge in [-0.1, -0.05) is 66.0 Å². The monoisotopic (exact) mass is 617 g/mol. The van der Waals surface area contributed by atoms with Crippen molar-refractivity contribution in [2.24, 2.45) is 0 Å². The quantitative estimate of drug-likeness (QED) is 0.280. The minimum absolute atomic E-state index is 0.0515. The Bertz CT molecular complexity index is 1480. The van der Waals surface area contributed by atoms with E-state index in [2.05, 4.69) is 5.32 Å². The van der Waals surface area contributed by atoms with Gasteiger partial charge in [-0.05, 0) is 83.0 Å². The van der Waals surface area contributed by atoms with Gasteiger partial charge in [0.05, 0.1) is 10.6 Å². The summed E-state index contributed by atoms with van der Waals surface area (Å²) >= 11 is 12.9. The first-order valence-electron chi connectivity index (χ1n) is 13.3. The van der Waals surface area contributed by atoms with Gasteiger partial charge in [0.25, 0.3) is 10.0 Å². The van der Waals surface area contributed by atoms with Crippen molar-refractivity contribution < 1.29 is 18.0 Å². The van der Waals surface area contributed by atoms with Crippen LogP contribution in [0.5, 0.6) is 0 Å². The van der Waals surface area contributed by atoms with Crippen molar-refractivity contribution >= 4 is 50.7 Å². The summed E-state index contributed by atoms with van der Waals surface area (Å²) in [7, 11) is -4.15. The SMILES string of the molecule is CC[C@@H](C(=O)NC(C)(C)C)N(Cc1c(Cl)cccc1Cl)C(=O)CN(c1cccc(C)c1)S(=O)(=O)c1ccc(C)cc1. The molecule has 0 fully saturated rings. The van der Waals surface area contributed by atoms with Crippen molar-refractivity contribution in [1.29, 1.82) is 0 Å². The van der Waals surface area contributed by atoms with Crippen molar-refractivity contribution in [1.82, 2.24) is 10.2 Å². The molecule has 10 heteroatoms. The summed E-state index contributed by atoms with van der Waals surface area (Å²) in [4.78, 5) is 29.1. The van der Waals surface area contributed by atoms with Crippen LogP contribution in [0.2, 0.25) is 10.0 Å². The third-order valence-corrected chi connectivity index (χ3v) is 8.95. The molecule has 0 unspecified atom stereocenters. The number of anilines is 1. The van der Waals surface area contributed by atoms with Crippen LogP contribution in [0.25, 0.3) is 0 Å². The molecule has 0 radical (unpaired) electrons. The number of halogens is 2. The maximum atomic E-state index is 14.2. The second-order valence-corrected chi connectivity index (χ2v) is 13.7. The molecule has 7 nitrogen and oxygen atoms in total. The van der Waals surface area contributed by atoms with Gasteiger partial charge in [-0.3, -0.25) is 13.9 Å². The zero-order chi connectivity index (χ0) is 30.5. The second kappa shape index (κ2) is 13.3. The summed E-state index contributed by atoms with van der Waals surface area (Å²) < 4.78 is 29.0. The molecular formula is C31H37Cl2N3O4S. The Morgan fingerprint density at radius 3 is 2.02 bits per heavy atom. The molecule has 3 aromatic rings. The largest absolute Gasteiger partial charge is 0.350 e. The normalized spacial score (nSPS) is 12.5. The van der Waals surface area contributed by atoms with E-state index in [9.17, 15) is 18.0 Å². The summed E-state index contributed by atoms with van der Waals surface area (Å²) in [6.07, 6.45) is 0.283. The highest BCUT2D eigenvalue weighted by Crippen LogP contribution is 2.29. The lowest BCUT2D eigenvalue weighted by molar-refractivity contribution is -0.141. The van der Waals surface area contributed by atoms with Crippen molar-refractivity contribution in [3.05, 3.63) is 93.5 Å². The molecule has 0 heterocycles. The Morgan fingerprint density at radius 1 is 0.902 bits per heavy atom. The molecule has 3 aromatic carbocycles. The van der Waals surface area contributed by atoms with Gasteiger partial charge in [-0.2, -0.15) is 0 Å². The number of amides is 2. The maximum absolute atomic E-state index is 14.2. The summed E-state index contributed by atoms with van der Waals surface area (Å²) in [5.41, 5.74) is 1.98. The zero-order valence-corrected chi connectivity index (χ0v) is 26.6. The van der Waals surface area contributed by atoms with Gasteiger partial charge in [0.2, 0.25) is 11.8 Å². The van der Waals surface area contributed by atoms with Crippen LogP contribution in [0.1, 0.15) is 50.8 Å². The highest BCUT2D eigenvalue weighted by molar-refractivity contribution is 7.92. The number of nitrogens with one attached hydrogen (secondary N) is 1. The molecule has 0 aromatic heterocycles. The summed E-state index contributed by atoms with van der Waals surface area (Å²) in [6, 6.07) is 17.5. The number of benzene rings is 3. The molecule has 1 N–H and O–H groups in total. The predicted molar refractivity (Wildman–Crippen MR) is 166 cm³/mol. The molecule has 0 aliphatic carbocycles. The third-order valence-electron chi connectivity index (χ3n) is 6.45. The molecule has 0 aliphatic rings. The average molecular weight is 619 g/mol. The highest BCUT2D eigenvalue weighted by atomic mass is 35.5. The topological polar surface area (TPSA) is 86.8 Å². The van der Waals surface area contributed by atoms with E-state index in [-0.39, 0.29) is 23.8 Å². The standard InChI is InChI=1S/C31H37Cl2N3O4S/c1-7-28(30(38)34-31(4,5)6)35(19-25-26(32)12-9-13-27(25)33)29(37)20-36(23-11-8-10-22(3)18-23)41(39,40)24-16-14-21(2)15-17-24/h8-18,28H,7,19-20H2,1-6H3,(H,34,38)/t28-/m0/s1. The lowest BCUT2D eigenvalue weighted by Gasteiger charge is -2.35. The van der Waals surface area contributed by atoms with Crippen molar-refractivity contribution in [3.8, 4) is 0 Å². The fraction of sp³-hybridized carbons (Fsp3) is 0.355. The van der Waals surface area contributed by atoms with Crippen LogP contribution in [-0.2, 0) is 26.2 Å². The minimum Gasteiger partial charge on any atom is -0.350 e. The first kappa shape index (κ1) is 32.4. The van der Waals surface area contributed by atoms with Crippen LogP contribution in [0.4, 0.5) is 5.69 Å². The van der Waals surface area contributed by atoms with E-state index in [1.54, 1.807) is 55.5 Å². The molecule has 0 bridgehead atoms. The van der Waals surface area contributed by atoms with Gasteiger partial charge in [-0.15, -0.1) is 0 Å². The van der Waals surface area contributed by atoms with E-state index < -0.39 is 34.1 Å². The first-order valence-corrected chi connectivity index (χ1v) is 15.5. The van der Waals surface area contributed by atoms with E-state index in [1.165, 1.54) is 17.0 Å². The smallest absolute Gasteiger partial charge is 0.264 e. The number of carbonyl (C=O) groups is 2. The molecule has 220 valence electrons. The lowest BCUT2D eigenvalue weighted by Crippen LogP contribution is -2.55. The molecule has 41 heavy (non-hydrogen) atoms. The maximum Gasteiger partial charge on any atom is 0.264 e. The Labute approximate surface area is 253 Å². The molecule has 3 rings (SSSR count). The van der Waals surface area contributed by atoms with E-state index in [4.69, 9.17) is 23.2 Å². The van der Waals surface area contributed by atoms with Gasteiger partial charge in [0, 0.05) is 27.7 Å². The van der Waals surface area contributed by atoms with Gasteiger partial charge in [0.15, 0.2) is 0 Å². The number of rotatable bonds is 10. The summed E-state index contributed by atoms with van der Waals surface area (Å²) in [5.74, 6) is -0.936. The third kappa shape index (κ3) is 8.24. The highest BCUT2D eigenvalue weighted by Gasteiger charge is 2.35. The van der Waals surface area contributed by atoms with Crippen LogP contribution >= 0.6 is 23.2 Å². The Kier molecular flexibility index (Phi) is 10.5. The Morgan fingerprint density at radius 2 is 1.49 bits per heavy atom. The summed E-state index contributed by atoms with van der Waals surface area (Å²) in [5, 5.41) is 3.62. The lowest BCUT2D eigenvalue weighted by atomic mass is 10.1. The number of hydrogen-bond acceptors (Lipinski definition) is 4. The molecule has 2 amide bonds. The van der Waals surface area contributed by atoms with Gasteiger partial charge in [0.1, 0.15) is 12.6 Å². The van der Waals surface area contributed by atoms with Crippen LogP contribution < -0.4 is 9.62 Å². The van der Waals surface area contributed by atoms with E-state index in [1.807, 2.05) is 40.7 Å². The van der Waals surface area contributed by atoms with Crippen LogP contribution in [0.15, 0.2) is 71.6 Å². The van der Waals surface area contributed by atoms with E-state index in [0.717, 1.165) is 15.4 Å². The minimum atomic E-state index is -4.15. The molecule has 0 spiro atoms. The van der Waals surface area contributed by atoms with E-state index >= 15 is 0 Å². The van der Waals surface area contributed by atoms with Crippen molar-refractivity contribution in [2.75, 3.05) is 10.8 Å². The van der Waals surface area contributed by atoms with Crippen molar-refractivity contribution in [2.45, 2.75) is 71.0 Å². The average Bonchev–Trinajstić information content (AvgIpc) is 2.87. The number of nitrogens with zero attached hydrogens (tertiary/aromatic N) is 2. The molecule has 0 saturated carbocycles. The first-order chi connectivity index (χ1) is 19.1. The molecule has 1 atom stereocenters. The molecular weight excluding hydrogens is 581 g/mol.